The van der Waals surface area contributed by atoms with Crippen LogP contribution >= 0.6 is 0 Å². The van der Waals surface area contributed by atoms with Crippen molar-refractivity contribution in [1.29, 1.82) is 0 Å². The van der Waals surface area contributed by atoms with Crippen LogP contribution in [0.15, 0.2) is 55.1 Å². The first kappa shape index (κ1) is 28.7. The Bertz CT molecular complexity index is 1320. The Morgan fingerprint density at radius 1 is 1.00 bits per heavy atom. The number of carbonyl (C=O) groups excluding carboxylic acids is 2. The van der Waals surface area contributed by atoms with Crippen LogP contribution in [0.4, 0.5) is 4.79 Å². The summed E-state index contributed by atoms with van der Waals surface area (Å²) in [5.41, 5.74) is 4.30. The predicted octanol–water partition coefficient (Wildman–Crippen LogP) is 5.83. The average Bonchev–Trinajstić information content (AvgIpc) is 2.86. The maximum Gasteiger partial charge on any atom is 0.408 e. The van der Waals surface area contributed by atoms with E-state index in [1.807, 2.05) is 56.6 Å². The molecule has 0 aliphatic rings. The Hall–Kier alpha value is -3.84. The highest BCUT2D eigenvalue weighted by Crippen LogP contribution is 2.40. The van der Waals surface area contributed by atoms with Crippen LogP contribution in [0.3, 0.4) is 0 Å². The van der Waals surface area contributed by atoms with Gasteiger partial charge in [-0.3, -0.25) is 0 Å². The van der Waals surface area contributed by atoms with Crippen LogP contribution in [0.5, 0.6) is 5.75 Å². The van der Waals surface area contributed by atoms with Crippen molar-refractivity contribution in [3.8, 4) is 16.9 Å². The molecule has 0 heterocycles. The van der Waals surface area contributed by atoms with E-state index in [-0.39, 0.29) is 6.42 Å². The van der Waals surface area contributed by atoms with E-state index in [0.29, 0.717) is 0 Å². The van der Waals surface area contributed by atoms with Gasteiger partial charge in [0.15, 0.2) is 0 Å². The molecule has 0 bridgehead atoms. The van der Waals surface area contributed by atoms with E-state index in [0.717, 1.165) is 50.9 Å². The number of rotatable bonds is 9. The Kier molecular flexibility index (Phi) is 9.17. The summed E-state index contributed by atoms with van der Waals surface area (Å²) in [6.45, 7) is 10.2. The number of amides is 1. The standard InChI is InChI=1S/C31H38N2O5/c1-9-22-21(19-33(5)6)16-17-27(36-7)28(22)25-15-11-13-23-20(12-10-14-24(23)25)18-26(29(34)37-8)32-30(35)38-31(2,3)4/h9-17,26H,1,18-19H2,2-8H3,(H,32,35)/t26-/m0/s1. The monoisotopic (exact) mass is 518 g/mol. The number of alkyl carbamates (subject to hydrolysis) is 1. The van der Waals surface area contributed by atoms with Crippen molar-refractivity contribution in [2.45, 2.75) is 45.4 Å². The third-order valence-electron chi connectivity index (χ3n) is 6.09. The molecule has 1 amide bonds. The number of carbonyl (C=O) groups is 2. The molecule has 0 saturated heterocycles. The largest absolute Gasteiger partial charge is 0.496 e. The second kappa shape index (κ2) is 12.1. The normalized spacial score (nSPS) is 12.2. The molecule has 1 atom stereocenters. The molecule has 0 aliphatic carbocycles. The molecule has 38 heavy (non-hydrogen) atoms. The summed E-state index contributed by atoms with van der Waals surface area (Å²) < 4.78 is 16.1. The first-order valence-corrected chi connectivity index (χ1v) is 12.5. The fraction of sp³-hybridized carbons (Fsp3) is 0.355. The lowest BCUT2D eigenvalue weighted by Gasteiger charge is -2.23. The van der Waals surface area contributed by atoms with E-state index in [1.165, 1.54) is 7.11 Å². The maximum absolute atomic E-state index is 12.6. The summed E-state index contributed by atoms with van der Waals surface area (Å²) in [5.74, 6) is 0.204. The molecule has 3 aromatic carbocycles. The molecular formula is C31H38N2O5. The lowest BCUT2D eigenvalue weighted by Crippen LogP contribution is -2.45. The van der Waals surface area contributed by atoms with Gasteiger partial charge in [0, 0.05) is 18.5 Å². The zero-order valence-corrected chi connectivity index (χ0v) is 23.4. The average molecular weight is 519 g/mol. The number of methoxy groups -OCH3 is 2. The van der Waals surface area contributed by atoms with Gasteiger partial charge in [-0.2, -0.15) is 0 Å². The van der Waals surface area contributed by atoms with Crippen molar-refractivity contribution in [2.24, 2.45) is 0 Å². The molecule has 0 saturated carbocycles. The summed E-state index contributed by atoms with van der Waals surface area (Å²) in [7, 11) is 7.03. The highest BCUT2D eigenvalue weighted by molar-refractivity contribution is 6.02. The van der Waals surface area contributed by atoms with Gasteiger partial charge in [0.25, 0.3) is 0 Å². The molecule has 0 aliphatic heterocycles. The summed E-state index contributed by atoms with van der Waals surface area (Å²) >= 11 is 0. The van der Waals surface area contributed by atoms with Crippen LogP contribution in [-0.4, -0.2) is 56.9 Å². The van der Waals surface area contributed by atoms with Gasteiger partial charge in [0.05, 0.1) is 14.2 Å². The molecular weight excluding hydrogens is 480 g/mol. The van der Waals surface area contributed by atoms with Crippen molar-refractivity contribution < 1.29 is 23.8 Å². The third-order valence-corrected chi connectivity index (χ3v) is 6.09. The SMILES string of the molecule is C=Cc1c(CN(C)C)ccc(OC)c1-c1cccc2c(C[C@H](NC(=O)OC(C)(C)C)C(=O)OC)cccc12. The van der Waals surface area contributed by atoms with Gasteiger partial charge < -0.3 is 24.4 Å². The fourth-order valence-electron chi connectivity index (χ4n) is 4.58. The van der Waals surface area contributed by atoms with E-state index in [1.54, 1.807) is 27.9 Å². The van der Waals surface area contributed by atoms with Crippen LogP contribution in [0.1, 0.15) is 37.5 Å². The van der Waals surface area contributed by atoms with Gasteiger partial charge in [-0.1, -0.05) is 55.1 Å². The minimum Gasteiger partial charge on any atom is -0.496 e. The van der Waals surface area contributed by atoms with Gasteiger partial charge >= 0.3 is 12.1 Å². The molecule has 0 spiro atoms. The molecule has 0 radical (unpaired) electrons. The third kappa shape index (κ3) is 6.72. The van der Waals surface area contributed by atoms with Crippen molar-refractivity contribution >= 4 is 28.9 Å². The van der Waals surface area contributed by atoms with E-state index in [2.05, 4.69) is 28.9 Å². The number of hydrogen-bond acceptors (Lipinski definition) is 6. The summed E-state index contributed by atoms with van der Waals surface area (Å²) in [4.78, 5) is 27.2. The first-order valence-electron chi connectivity index (χ1n) is 12.5. The van der Waals surface area contributed by atoms with Gasteiger partial charge in [-0.25, -0.2) is 9.59 Å². The van der Waals surface area contributed by atoms with Crippen LogP contribution in [0.2, 0.25) is 0 Å². The van der Waals surface area contributed by atoms with Crippen LogP contribution in [0, 0.1) is 0 Å². The second-order valence-electron chi connectivity index (χ2n) is 10.4. The molecule has 3 aromatic rings. The number of esters is 1. The van der Waals surface area contributed by atoms with E-state index >= 15 is 0 Å². The van der Waals surface area contributed by atoms with Crippen molar-refractivity contribution in [3.05, 3.63) is 71.8 Å². The van der Waals surface area contributed by atoms with E-state index < -0.39 is 23.7 Å². The quantitative estimate of drug-likeness (QED) is 0.359. The van der Waals surface area contributed by atoms with Gasteiger partial charge in [0.1, 0.15) is 17.4 Å². The number of benzene rings is 3. The zero-order valence-electron chi connectivity index (χ0n) is 23.4. The Morgan fingerprint density at radius 2 is 1.68 bits per heavy atom. The Labute approximate surface area is 225 Å². The van der Waals surface area contributed by atoms with Gasteiger partial charge in [-0.15, -0.1) is 0 Å². The molecule has 7 nitrogen and oxygen atoms in total. The van der Waals surface area contributed by atoms with E-state index in [4.69, 9.17) is 14.2 Å². The minimum absolute atomic E-state index is 0.235. The highest BCUT2D eigenvalue weighted by Gasteiger charge is 2.26. The fourth-order valence-corrected chi connectivity index (χ4v) is 4.58. The van der Waals surface area contributed by atoms with Crippen LogP contribution < -0.4 is 10.1 Å². The van der Waals surface area contributed by atoms with Gasteiger partial charge in [-0.05, 0) is 74.0 Å². The maximum atomic E-state index is 12.6. The summed E-state index contributed by atoms with van der Waals surface area (Å²) in [6, 6.07) is 15.2. The molecule has 202 valence electrons. The van der Waals surface area contributed by atoms with Crippen molar-refractivity contribution in [1.82, 2.24) is 10.2 Å². The van der Waals surface area contributed by atoms with Crippen LogP contribution in [0.25, 0.3) is 28.0 Å². The molecule has 3 rings (SSSR count). The molecule has 0 unspecified atom stereocenters. The topological polar surface area (TPSA) is 77.1 Å². The summed E-state index contributed by atoms with van der Waals surface area (Å²) in [5, 5.41) is 4.63. The van der Waals surface area contributed by atoms with Crippen molar-refractivity contribution in [2.75, 3.05) is 28.3 Å². The van der Waals surface area contributed by atoms with E-state index in [9.17, 15) is 9.59 Å². The summed E-state index contributed by atoms with van der Waals surface area (Å²) in [6.07, 6.45) is 1.43. The highest BCUT2D eigenvalue weighted by atomic mass is 16.6. The minimum atomic E-state index is -0.911. The molecule has 0 aromatic heterocycles. The number of ether oxygens (including phenoxy) is 3. The molecule has 0 fully saturated rings. The number of nitrogens with zero attached hydrogens (tertiary/aromatic N) is 1. The first-order chi connectivity index (χ1) is 18.0. The van der Waals surface area contributed by atoms with Gasteiger partial charge in [0.2, 0.25) is 0 Å². The lowest BCUT2D eigenvalue weighted by molar-refractivity contribution is -0.143. The number of hydrogen-bond donors (Lipinski definition) is 1. The number of fused-ring (bicyclic) bond motifs is 1. The Morgan fingerprint density at radius 3 is 2.29 bits per heavy atom. The molecule has 1 N–H and O–H groups in total. The Balaban J connectivity index is 2.12. The lowest BCUT2D eigenvalue weighted by atomic mass is 9.89. The number of nitrogens with one attached hydrogen (secondary N) is 1. The second-order valence-corrected chi connectivity index (χ2v) is 10.4. The smallest absolute Gasteiger partial charge is 0.408 e. The molecule has 7 heteroatoms. The van der Waals surface area contributed by atoms with Crippen molar-refractivity contribution in [3.63, 3.8) is 0 Å². The predicted molar refractivity (Wildman–Crippen MR) is 152 cm³/mol. The van der Waals surface area contributed by atoms with Crippen LogP contribution in [-0.2, 0) is 27.2 Å². The zero-order chi connectivity index (χ0) is 28.0.